The molecule has 3 unspecified atom stereocenters. The maximum absolute atomic E-state index is 12.5. The average Bonchev–Trinajstić information content (AvgIpc) is 3.29. The number of unbranched alkanes of at least 4 members (excludes halogenated alkanes) is 43. The molecule has 0 heterocycles. The first-order chi connectivity index (χ1) is 31.1. The molecule has 5 nitrogen and oxygen atoms in total. The van der Waals surface area contributed by atoms with Gasteiger partial charge in [0.1, 0.15) is 6.10 Å². The molecule has 0 aromatic rings. The fourth-order valence-electron chi connectivity index (χ4n) is 9.07. The van der Waals surface area contributed by atoms with Gasteiger partial charge in [0.15, 0.2) is 0 Å². The van der Waals surface area contributed by atoms with Crippen molar-refractivity contribution in [2.75, 3.05) is 6.61 Å². The van der Waals surface area contributed by atoms with Crippen LogP contribution >= 0.6 is 0 Å². The number of hydrogen-bond donors (Lipinski definition) is 4. The van der Waals surface area contributed by atoms with Gasteiger partial charge in [0.05, 0.1) is 18.8 Å². The quantitative estimate of drug-likeness (QED) is 0.0362. The predicted molar refractivity (Wildman–Crippen MR) is 278 cm³/mol. The predicted octanol–water partition coefficient (Wildman–Crippen LogP) is 17.7. The van der Waals surface area contributed by atoms with Crippen LogP contribution in [0, 0.1) is 0 Å². The number of amides is 1. The maximum Gasteiger partial charge on any atom is 0.249 e. The minimum atomic E-state index is -1.10. The first kappa shape index (κ1) is 61.8. The van der Waals surface area contributed by atoms with Crippen molar-refractivity contribution in [2.24, 2.45) is 0 Å². The van der Waals surface area contributed by atoms with Gasteiger partial charge >= 0.3 is 0 Å². The van der Waals surface area contributed by atoms with Crippen molar-refractivity contribution in [2.45, 2.75) is 334 Å². The van der Waals surface area contributed by atoms with E-state index < -0.39 is 24.2 Å². The monoisotopic (exact) mass is 888 g/mol. The minimum absolute atomic E-state index is 0.361. The molecule has 374 valence electrons. The van der Waals surface area contributed by atoms with Gasteiger partial charge in [-0.15, -0.1) is 0 Å². The second-order valence-corrected chi connectivity index (χ2v) is 19.9. The molecule has 0 aliphatic rings. The number of allylic oxidation sites excluding steroid dienone is 3. The van der Waals surface area contributed by atoms with Gasteiger partial charge < -0.3 is 20.6 Å². The smallest absolute Gasteiger partial charge is 0.249 e. The standard InChI is InChI=1S/C58H113NO4/c1-3-5-7-9-11-13-15-17-18-19-20-21-22-23-24-25-26-27-28-29-30-31-32-33-34-35-36-37-38-39-41-43-45-47-49-51-53-57(62)58(63)59-55(54-60)56(61)52-50-48-46-44-42-40-16-14-12-10-8-6-4-2/h27-28,50,52,55-57,60-62H,3-26,29-49,51,53-54H2,1-2H3,(H,59,63)/b28-27-,52-50+. The van der Waals surface area contributed by atoms with Crippen LogP contribution in [-0.2, 0) is 4.79 Å². The van der Waals surface area contributed by atoms with E-state index in [-0.39, 0.29) is 6.61 Å². The van der Waals surface area contributed by atoms with E-state index in [0.717, 1.165) is 32.1 Å². The first-order valence-corrected chi connectivity index (χ1v) is 28.7. The second kappa shape index (κ2) is 53.4. The molecular formula is C58H113NO4. The summed E-state index contributed by atoms with van der Waals surface area (Å²) in [6.07, 6.45) is 68.5. The van der Waals surface area contributed by atoms with Crippen LogP contribution in [0.5, 0.6) is 0 Å². The largest absolute Gasteiger partial charge is 0.394 e. The highest BCUT2D eigenvalue weighted by molar-refractivity contribution is 5.80. The Labute approximate surface area is 394 Å². The van der Waals surface area contributed by atoms with Gasteiger partial charge in [-0.1, -0.05) is 295 Å². The van der Waals surface area contributed by atoms with Crippen LogP contribution in [-0.4, -0.2) is 46.1 Å². The highest BCUT2D eigenvalue weighted by Gasteiger charge is 2.22. The third-order valence-electron chi connectivity index (χ3n) is 13.5. The van der Waals surface area contributed by atoms with E-state index >= 15 is 0 Å². The zero-order valence-corrected chi connectivity index (χ0v) is 42.7. The van der Waals surface area contributed by atoms with Crippen molar-refractivity contribution >= 4 is 5.91 Å². The van der Waals surface area contributed by atoms with Crippen LogP contribution in [0.4, 0.5) is 0 Å². The third-order valence-corrected chi connectivity index (χ3v) is 13.5. The maximum atomic E-state index is 12.5. The zero-order chi connectivity index (χ0) is 45.8. The summed E-state index contributed by atoms with van der Waals surface area (Å²) in [5, 5.41) is 33.2. The summed E-state index contributed by atoms with van der Waals surface area (Å²) in [6.45, 7) is 4.20. The molecule has 0 aliphatic carbocycles. The molecule has 1 amide bonds. The Bertz CT molecular complexity index is 936. The topological polar surface area (TPSA) is 89.8 Å². The number of rotatable bonds is 53. The van der Waals surface area contributed by atoms with Crippen molar-refractivity contribution in [1.29, 1.82) is 0 Å². The molecule has 0 radical (unpaired) electrons. The Hall–Kier alpha value is -1.17. The van der Waals surface area contributed by atoms with Crippen molar-refractivity contribution in [3.8, 4) is 0 Å². The number of carbonyl (C=O) groups excluding carboxylic acids is 1. The van der Waals surface area contributed by atoms with Gasteiger partial charge in [-0.2, -0.15) is 0 Å². The minimum Gasteiger partial charge on any atom is -0.394 e. The molecule has 4 N–H and O–H groups in total. The molecule has 0 aliphatic heterocycles. The number of nitrogens with one attached hydrogen (secondary N) is 1. The average molecular weight is 889 g/mol. The summed E-state index contributed by atoms with van der Waals surface area (Å²) in [5.41, 5.74) is 0. The molecule has 0 bridgehead atoms. The van der Waals surface area contributed by atoms with Crippen molar-refractivity contribution < 1.29 is 20.1 Å². The Balaban J connectivity index is 3.46. The molecule has 0 rings (SSSR count). The van der Waals surface area contributed by atoms with Crippen molar-refractivity contribution in [3.63, 3.8) is 0 Å². The number of carbonyl (C=O) groups is 1. The van der Waals surface area contributed by atoms with Crippen LogP contribution in [0.15, 0.2) is 24.3 Å². The van der Waals surface area contributed by atoms with E-state index in [9.17, 15) is 20.1 Å². The van der Waals surface area contributed by atoms with Crippen LogP contribution in [0.2, 0.25) is 0 Å². The van der Waals surface area contributed by atoms with E-state index in [1.54, 1.807) is 6.08 Å². The molecule has 0 fully saturated rings. The lowest BCUT2D eigenvalue weighted by atomic mass is 10.0. The summed E-state index contributed by atoms with van der Waals surface area (Å²) in [4.78, 5) is 12.5. The Morgan fingerprint density at radius 1 is 0.381 bits per heavy atom. The summed E-state index contributed by atoms with van der Waals surface area (Å²) in [5.74, 6) is -0.499. The molecule has 5 heteroatoms. The van der Waals surface area contributed by atoms with Gasteiger partial charge in [0.2, 0.25) is 5.91 Å². The van der Waals surface area contributed by atoms with E-state index in [1.165, 1.54) is 263 Å². The van der Waals surface area contributed by atoms with E-state index in [2.05, 4.69) is 31.3 Å². The van der Waals surface area contributed by atoms with Gasteiger partial charge in [0, 0.05) is 0 Å². The van der Waals surface area contributed by atoms with Gasteiger partial charge in [-0.05, 0) is 44.9 Å². The fraction of sp³-hybridized carbons (Fsp3) is 0.914. The summed E-state index contributed by atoms with van der Waals surface area (Å²) < 4.78 is 0. The summed E-state index contributed by atoms with van der Waals surface area (Å²) in [7, 11) is 0. The van der Waals surface area contributed by atoms with Crippen LogP contribution in [0.3, 0.4) is 0 Å². The Morgan fingerprint density at radius 3 is 0.921 bits per heavy atom. The molecule has 0 aromatic heterocycles. The Kier molecular flexibility index (Phi) is 52.5. The molecule has 0 saturated heterocycles. The van der Waals surface area contributed by atoms with Gasteiger partial charge in [-0.25, -0.2) is 0 Å². The summed E-state index contributed by atoms with van der Waals surface area (Å²) >= 11 is 0. The van der Waals surface area contributed by atoms with Crippen LogP contribution in [0.25, 0.3) is 0 Å². The van der Waals surface area contributed by atoms with E-state index in [4.69, 9.17) is 0 Å². The first-order valence-electron chi connectivity index (χ1n) is 28.7. The zero-order valence-electron chi connectivity index (χ0n) is 42.7. The molecular weight excluding hydrogens is 775 g/mol. The second-order valence-electron chi connectivity index (χ2n) is 19.9. The van der Waals surface area contributed by atoms with Crippen LogP contribution < -0.4 is 5.32 Å². The summed E-state index contributed by atoms with van der Waals surface area (Å²) in [6, 6.07) is -0.795. The number of aliphatic hydroxyl groups excluding tert-OH is 3. The fourth-order valence-corrected chi connectivity index (χ4v) is 9.07. The molecule has 0 spiro atoms. The SMILES string of the molecule is CCCCCCCCCCCCC/C=C/C(O)C(CO)NC(=O)C(O)CCCCCCCCCCCCCCCCCC/C=C\CCCCCCCCCCCCCCCCCC. The van der Waals surface area contributed by atoms with E-state index in [1.807, 2.05) is 6.08 Å². The lowest BCUT2D eigenvalue weighted by Crippen LogP contribution is -2.48. The van der Waals surface area contributed by atoms with Crippen LogP contribution in [0.1, 0.15) is 316 Å². The van der Waals surface area contributed by atoms with Crippen molar-refractivity contribution in [1.82, 2.24) is 5.32 Å². The number of aliphatic hydroxyl groups is 3. The molecule has 0 saturated carbocycles. The van der Waals surface area contributed by atoms with Crippen molar-refractivity contribution in [3.05, 3.63) is 24.3 Å². The molecule has 3 atom stereocenters. The van der Waals surface area contributed by atoms with E-state index in [0.29, 0.717) is 6.42 Å². The molecule has 0 aromatic carbocycles. The number of hydrogen-bond acceptors (Lipinski definition) is 4. The Morgan fingerprint density at radius 2 is 0.635 bits per heavy atom. The third kappa shape index (κ3) is 48.6. The highest BCUT2D eigenvalue weighted by atomic mass is 16.3. The lowest BCUT2D eigenvalue weighted by Gasteiger charge is -2.21. The van der Waals surface area contributed by atoms with Gasteiger partial charge in [-0.3, -0.25) is 4.79 Å². The molecule has 63 heavy (non-hydrogen) atoms. The highest BCUT2D eigenvalue weighted by Crippen LogP contribution is 2.17. The van der Waals surface area contributed by atoms with Gasteiger partial charge in [0.25, 0.3) is 0 Å². The lowest BCUT2D eigenvalue weighted by molar-refractivity contribution is -0.131. The normalized spacial score (nSPS) is 13.4.